The van der Waals surface area contributed by atoms with Crippen LogP contribution in [-0.2, 0) is 19.6 Å². The number of amides is 1. The van der Waals surface area contributed by atoms with Crippen LogP contribution in [0.25, 0.3) is 0 Å². The predicted octanol–water partition coefficient (Wildman–Crippen LogP) is 1.21. The summed E-state index contributed by atoms with van der Waals surface area (Å²) >= 11 is 0. The van der Waals surface area contributed by atoms with Gasteiger partial charge in [0.1, 0.15) is 5.69 Å². The van der Waals surface area contributed by atoms with Crippen molar-refractivity contribution in [1.82, 2.24) is 9.62 Å². The first-order valence-corrected chi connectivity index (χ1v) is 10.9. The van der Waals surface area contributed by atoms with Crippen LogP contribution in [0.4, 0.5) is 11.4 Å². The van der Waals surface area contributed by atoms with Crippen LogP contribution in [0.1, 0.15) is 19.8 Å². The Kier molecular flexibility index (Phi) is 7.94. The van der Waals surface area contributed by atoms with Gasteiger partial charge in [0.05, 0.1) is 23.0 Å². The van der Waals surface area contributed by atoms with Gasteiger partial charge in [0.25, 0.3) is 5.69 Å². The lowest BCUT2D eigenvalue weighted by atomic mass is 10.0. The van der Waals surface area contributed by atoms with E-state index in [-0.39, 0.29) is 28.7 Å². The summed E-state index contributed by atoms with van der Waals surface area (Å²) in [7, 11) is -0.749. The van der Waals surface area contributed by atoms with Crippen molar-refractivity contribution in [2.45, 2.75) is 24.7 Å². The van der Waals surface area contributed by atoms with Crippen molar-refractivity contribution in [3.05, 3.63) is 28.3 Å². The molecule has 162 valence electrons. The summed E-state index contributed by atoms with van der Waals surface area (Å²) < 4.78 is 32.0. The van der Waals surface area contributed by atoms with Gasteiger partial charge in [-0.25, -0.2) is 8.42 Å². The van der Waals surface area contributed by atoms with E-state index >= 15 is 0 Å². The van der Waals surface area contributed by atoms with Gasteiger partial charge in [-0.3, -0.25) is 14.9 Å². The molecule has 1 amide bonds. The number of carbonyl (C=O) groups excluding carboxylic acids is 1. The molecule has 11 heteroatoms. The van der Waals surface area contributed by atoms with Crippen molar-refractivity contribution < 1.29 is 22.9 Å². The van der Waals surface area contributed by atoms with Crippen LogP contribution < -0.4 is 10.2 Å². The first-order chi connectivity index (χ1) is 13.7. The molecule has 2 rings (SSSR count). The highest BCUT2D eigenvalue weighted by Gasteiger charge is 2.30. The fraction of sp³-hybridized carbons (Fsp3) is 0.611. The minimum atomic E-state index is -3.80. The number of anilines is 1. The molecule has 1 fully saturated rings. The predicted molar refractivity (Wildman–Crippen MR) is 108 cm³/mol. The van der Waals surface area contributed by atoms with E-state index in [1.807, 2.05) is 0 Å². The van der Waals surface area contributed by atoms with Gasteiger partial charge in [0.2, 0.25) is 15.9 Å². The fourth-order valence-corrected chi connectivity index (χ4v) is 4.65. The number of piperidine rings is 1. The summed E-state index contributed by atoms with van der Waals surface area (Å²) in [6.07, 6.45) is 1.53. The molecule has 1 N–H and O–H groups in total. The number of methoxy groups -OCH3 is 1. The lowest BCUT2D eigenvalue weighted by Gasteiger charge is -2.29. The summed E-state index contributed by atoms with van der Waals surface area (Å²) in [6.45, 7) is 3.46. The van der Waals surface area contributed by atoms with Crippen molar-refractivity contribution in [3.63, 3.8) is 0 Å². The van der Waals surface area contributed by atoms with Crippen LogP contribution in [0.3, 0.4) is 0 Å². The minimum absolute atomic E-state index is 0.110. The van der Waals surface area contributed by atoms with Gasteiger partial charge in [-0.1, -0.05) is 6.92 Å². The molecule has 1 saturated heterocycles. The number of carbonyl (C=O) groups is 1. The van der Waals surface area contributed by atoms with Gasteiger partial charge in [0.15, 0.2) is 0 Å². The van der Waals surface area contributed by atoms with Crippen LogP contribution in [0, 0.1) is 16.0 Å². The number of hydrogen-bond donors (Lipinski definition) is 1. The van der Waals surface area contributed by atoms with Gasteiger partial charge in [-0.2, -0.15) is 4.31 Å². The zero-order valence-electron chi connectivity index (χ0n) is 17.0. The zero-order chi connectivity index (χ0) is 21.6. The molecular weight excluding hydrogens is 400 g/mol. The van der Waals surface area contributed by atoms with Crippen LogP contribution >= 0.6 is 0 Å². The lowest BCUT2D eigenvalue weighted by Crippen LogP contribution is -2.38. The van der Waals surface area contributed by atoms with E-state index in [1.54, 1.807) is 7.05 Å². The zero-order valence-corrected chi connectivity index (χ0v) is 17.8. The van der Waals surface area contributed by atoms with E-state index in [0.29, 0.717) is 32.2 Å². The number of nitrogens with zero attached hydrogens (tertiary/aromatic N) is 3. The monoisotopic (exact) mass is 428 g/mol. The summed E-state index contributed by atoms with van der Waals surface area (Å²) in [5, 5.41) is 14.2. The number of nitrogens with one attached hydrogen (secondary N) is 1. The highest BCUT2D eigenvalue weighted by molar-refractivity contribution is 7.89. The molecule has 1 aromatic rings. The number of benzene rings is 1. The molecule has 1 heterocycles. The molecule has 10 nitrogen and oxygen atoms in total. The summed E-state index contributed by atoms with van der Waals surface area (Å²) in [4.78, 5) is 24.2. The van der Waals surface area contributed by atoms with E-state index in [0.717, 1.165) is 18.9 Å². The number of likely N-dealkylation sites (N-methyl/N-ethyl adjacent to an activating group) is 1. The normalized spacial score (nSPS) is 15.8. The highest BCUT2D eigenvalue weighted by Crippen LogP contribution is 2.32. The smallest absolute Gasteiger partial charge is 0.293 e. The maximum Gasteiger partial charge on any atom is 0.293 e. The average molecular weight is 429 g/mol. The molecule has 0 radical (unpaired) electrons. The van der Waals surface area contributed by atoms with Gasteiger partial charge < -0.3 is 15.0 Å². The SMILES string of the molecule is COCCNC(=O)CN(C)c1ccc(S(=O)(=O)N2CCC(C)CC2)cc1[N+](=O)[O-]. The van der Waals surface area contributed by atoms with Gasteiger partial charge in [-0.15, -0.1) is 0 Å². The highest BCUT2D eigenvalue weighted by atomic mass is 32.2. The lowest BCUT2D eigenvalue weighted by molar-refractivity contribution is -0.384. The van der Waals surface area contributed by atoms with Crippen molar-refractivity contribution in [2.24, 2.45) is 5.92 Å². The Bertz CT molecular complexity index is 837. The van der Waals surface area contributed by atoms with Gasteiger partial charge in [-0.05, 0) is 30.9 Å². The molecule has 29 heavy (non-hydrogen) atoms. The molecule has 0 saturated carbocycles. The Morgan fingerprint density at radius 3 is 2.62 bits per heavy atom. The molecule has 1 aliphatic heterocycles. The summed E-state index contributed by atoms with van der Waals surface area (Å²) in [5.41, 5.74) is -0.188. The van der Waals surface area contributed by atoms with Crippen LogP contribution in [0.2, 0.25) is 0 Å². The maximum absolute atomic E-state index is 12.9. The number of nitro groups is 1. The molecule has 0 aliphatic carbocycles. The second kappa shape index (κ2) is 9.99. The van der Waals surface area contributed by atoms with Crippen LogP contribution in [0.15, 0.2) is 23.1 Å². The van der Waals surface area contributed by atoms with Gasteiger partial charge in [0, 0.05) is 39.9 Å². The molecule has 0 aromatic heterocycles. The second-order valence-corrected chi connectivity index (χ2v) is 9.13. The molecule has 0 unspecified atom stereocenters. The number of hydrogen-bond acceptors (Lipinski definition) is 7. The molecule has 1 aromatic carbocycles. The van der Waals surface area contributed by atoms with Crippen molar-refractivity contribution in [2.75, 3.05) is 51.8 Å². The second-order valence-electron chi connectivity index (χ2n) is 7.19. The molecule has 1 aliphatic rings. The number of rotatable bonds is 9. The molecular formula is C18H28N4O6S. The average Bonchev–Trinajstić information content (AvgIpc) is 2.68. The van der Waals surface area contributed by atoms with E-state index in [1.165, 1.54) is 28.4 Å². The quantitative estimate of drug-likeness (QED) is 0.356. The summed E-state index contributed by atoms with van der Waals surface area (Å²) in [5.74, 6) is 0.139. The first-order valence-electron chi connectivity index (χ1n) is 9.42. The standard InChI is InChI=1S/C18H28N4O6S/c1-14-6-9-21(10-7-14)29(26,27)15-4-5-16(17(12-15)22(24)25)20(2)13-18(23)19-8-11-28-3/h4-5,12,14H,6-11,13H2,1-3H3,(H,19,23). The van der Waals surface area contributed by atoms with E-state index in [2.05, 4.69) is 12.2 Å². The Morgan fingerprint density at radius 2 is 2.03 bits per heavy atom. The number of ether oxygens (including phenoxy) is 1. The topological polar surface area (TPSA) is 122 Å². The number of nitro benzene ring substituents is 1. The number of sulfonamides is 1. The molecule has 0 atom stereocenters. The van der Waals surface area contributed by atoms with Crippen molar-refractivity contribution >= 4 is 27.3 Å². The Hall–Kier alpha value is -2.24. The third kappa shape index (κ3) is 5.87. The maximum atomic E-state index is 12.9. The Labute approximate surface area is 171 Å². The van der Waals surface area contributed by atoms with E-state index < -0.39 is 14.9 Å². The van der Waals surface area contributed by atoms with Crippen LogP contribution in [0.5, 0.6) is 0 Å². The van der Waals surface area contributed by atoms with Crippen molar-refractivity contribution in [3.8, 4) is 0 Å². The minimum Gasteiger partial charge on any atom is -0.383 e. The van der Waals surface area contributed by atoms with Crippen molar-refractivity contribution in [1.29, 1.82) is 0 Å². The Morgan fingerprint density at radius 1 is 1.38 bits per heavy atom. The third-order valence-electron chi connectivity index (χ3n) is 4.94. The van der Waals surface area contributed by atoms with E-state index in [4.69, 9.17) is 4.74 Å². The largest absolute Gasteiger partial charge is 0.383 e. The fourth-order valence-electron chi connectivity index (χ4n) is 3.16. The van der Waals surface area contributed by atoms with Gasteiger partial charge >= 0.3 is 0 Å². The molecule has 0 spiro atoms. The summed E-state index contributed by atoms with van der Waals surface area (Å²) in [6, 6.07) is 3.80. The molecule has 0 bridgehead atoms. The Balaban J connectivity index is 2.22. The van der Waals surface area contributed by atoms with Crippen LogP contribution in [-0.4, -0.2) is 70.5 Å². The van der Waals surface area contributed by atoms with E-state index in [9.17, 15) is 23.3 Å². The first kappa shape index (κ1) is 23.0. The third-order valence-corrected chi connectivity index (χ3v) is 6.84.